The fourth-order valence-corrected chi connectivity index (χ4v) is 1.50. The Bertz CT molecular complexity index is 637. The van der Waals surface area contributed by atoms with Crippen LogP contribution in [0.5, 0.6) is 0 Å². The first-order valence-corrected chi connectivity index (χ1v) is 6.24. The highest BCUT2D eigenvalue weighted by Gasteiger charge is 1.92. The molecule has 0 fully saturated rings. The molecule has 0 aliphatic rings. The van der Waals surface area contributed by atoms with Gasteiger partial charge in [0.1, 0.15) is 0 Å². The molecule has 0 atom stereocenters. The molecular formula is C17H14N2O. The third kappa shape index (κ3) is 4.79. The van der Waals surface area contributed by atoms with E-state index in [4.69, 9.17) is 0 Å². The van der Waals surface area contributed by atoms with Crippen molar-refractivity contribution in [2.24, 2.45) is 0 Å². The fraction of sp³-hybridized carbons (Fsp3) is 0.0588. The number of nitrogens with one attached hydrogen (secondary N) is 1. The van der Waals surface area contributed by atoms with Crippen LogP contribution in [0.15, 0.2) is 60.9 Å². The zero-order valence-corrected chi connectivity index (χ0v) is 10.9. The zero-order chi connectivity index (χ0) is 14.0. The van der Waals surface area contributed by atoms with E-state index >= 15 is 0 Å². The standard InChI is InChI=1S/C17H14N2O/c20-17(11-10-16-9-4-12-18-14-16)19-13-5-8-15-6-2-1-3-7-15/h1-4,6-7,9-12,14H,13H2,(H,19,20)/b11-10+. The molecule has 1 aromatic carbocycles. The molecule has 0 saturated carbocycles. The van der Waals surface area contributed by atoms with E-state index in [0.717, 1.165) is 11.1 Å². The van der Waals surface area contributed by atoms with Gasteiger partial charge in [0.05, 0.1) is 6.54 Å². The Hall–Kier alpha value is -2.86. The highest BCUT2D eigenvalue weighted by atomic mass is 16.1. The summed E-state index contributed by atoms with van der Waals surface area (Å²) in [5, 5.41) is 2.70. The lowest BCUT2D eigenvalue weighted by molar-refractivity contribution is -0.116. The number of aromatic nitrogens is 1. The van der Waals surface area contributed by atoms with Gasteiger partial charge < -0.3 is 5.32 Å². The second-order valence-electron chi connectivity index (χ2n) is 4.01. The number of pyridine rings is 1. The molecule has 0 bridgehead atoms. The second-order valence-corrected chi connectivity index (χ2v) is 4.01. The lowest BCUT2D eigenvalue weighted by Crippen LogP contribution is -2.20. The van der Waals surface area contributed by atoms with Crippen molar-refractivity contribution in [3.8, 4) is 11.8 Å². The molecule has 3 heteroatoms. The van der Waals surface area contributed by atoms with Crippen molar-refractivity contribution < 1.29 is 4.79 Å². The number of hydrogen-bond donors (Lipinski definition) is 1. The summed E-state index contributed by atoms with van der Waals surface area (Å²) < 4.78 is 0. The summed E-state index contributed by atoms with van der Waals surface area (Å²) in [6.45, 7) is 0.325. The quantitative estimate of drug-likeness (QED) is 0.681. The van der Waals surface area contributed by atoms with Gasteiger partial charge in [-0.2, -0.15) is 0 Å². The van der Waals surface area contributed by atoms with Crippen molar-refractivity contribution in [2.45, 2.75) is 0 Å². The molecule has 1 amide bonds. The minimum Gasteiger partial charge on any atom is -0.342 e. The maximum absolute atomic E-state index is 11.5. The zero-order valence-electron chi connectivity index (χ0n) is 10.9. The van der Waals surface area contributed by atoms with Crippen LogP contribution in [-0.2, 0) is 4.79 Å². The van der Waals surface area contributed by atoms with Gasteiger partial charge in [-0.15, -0.1) is 0 Å². The van der Waals surface area contributed by atoms with Gasteiger partial charge in [0.15, 0.2) is 0 Å². The number of carbonyl (C=O) groups is 1. The molecule has 2 rings (SSSR count). The average Bonchev–Trinajstić information content (AvgIpc) is 2.52. The topological polar surface area (TPSA) is 42.0 Å². The van der Waals surface area contributed by atoms with E-state index in [2.05, 4.69) is 22.1 Å². The van der Waals surface area contributed by atoms with Gasteiger partial charge in [-0.25, -0.2) is 0 Å². The molecule has 1 heterocycles. The first-order valence-electron chi connectivity index (χ1n) is 6.24. The van der Waals surface area contributed by atoms with E-state index < -0.39 is 0 Å². The first-order chi connectivity index (χ1) is 9.84. The number of nitrogens with zero attached hydrogens (tertiary/aromatic N) is 1. The molecule has 2 aromatic rings. The summed E-state index contributed by atoms with van der Waals surface area (Å²) in [5.74, 6) is 5.71. The van der Waals surface area contributed by atoms with Crippen molar-refractivity contribution in [1.29, 1.82) is 0 Å². The molecule has 0 unspecified atom stereocenters. The molecule has 98 valence electrons. The van der Waals surface area contributed by atoms with Crippen molar-refractivity contribution in [3.05, 3.63) is 72.1 Å². The van der Waals surface area contributed by atoms with Gasteiger partial charge in [0.2, 0.25) is 5.91 Å². The van der Waals surface area contributed by atoms with Crippen LogP contribution in [0.25, 0.3) is 6.08 Å². The summed E-state index contributed by atoms with van der Waals surface area (Å²) in [7, 11) is 0. The molecule has 3 nitrogen and oxygen atoms in total. The maximum atomic E-state index is 11.5. The molecular weight excluding hydrogens is 248 g/mol. The van der Waals surface area contributed by atoms with Gasteiger partial charge in [-0.05, 0) is 29.8 Å². The Kier molecular flexibility index (Phi) is 5.12. The highest BCUT2D eigenvalue weighted by molar-refractivity contribution is 5.91. The number of rotatable bonds is 3. The van der Waals surface area contributed by atoms with Gasteiger partial charge in [-0.3, -0.25) is 9.78 Å². The van der Waals surface area contributed by atoms with Crippen LogP contribution in [0.1, 0.15) is 11.1 Å². The summed E-state index contributed by atoms with van der Waals surface area (Å²) >= 11 is 0. The van der Waals surface area contributed by atoms with Crippen LogP contribution >= 0.6 is 0 Å². The number of benzene rings is 1. The Morgan fingerprint density at radius 1 is 1.20 bits per heavy atom. The predicted octanol–water partition coefficient (Wildman–Crippen LogP) is 2.26. The summed E-state index contributed by atoms with van der Waals surface area (Å²) in [4.78, 5) is 15.5. The van der Waals surface area contributed by atoms with Gasteiger partial charge >= 0.3 is 0 Å². The fourth-order valence-electron chi connectivity index (χ4n) is 1.50. The number of hydrogen-bond acceptors (Lipinski definition) is 2. The number of amides is 1. The molecule has 0 aliphatic carbocycles. The van der Waals surface area contributed by atoms with Gasteiger partial charge in [-0.1, -0.05) is 36.1 Å². The third-order valence-corrected chi connectivity index (χ3v) is 2.47. The number of carbonyl (C=O) groups excluding carboxylic acids is 1. The predicted molar refractivity (Wildman–Crippen MR) is 79.6 cm³/mol. The molecule has 0 aliphatic heterocycles. The Morgan fingerprint density at radius 3 is 2.80 bits per heavy atom. The van der Waals surface area contributed by atoms with E-state index in [-0.39, 0.29) is 5.91 Å². The molecule has 0 spiro atoms. The smallest absolute Gasteiger partial charge is 0.244 e. The molecule has 1 aromatic heterocycles. The molecule has 0 radical (unpaired) electrons. The largest absolute Gasteiger partial charge is 0.342 e. The molecule has 20 heavy (non-hydrogen) atoms. The van der Waals surface area contributed by atoms with Crippen LogP contribution in [0, 0.1) is 11.8 Å². The van der Waals surface area contributed by atoms with Gasteiger partial charge in [0.25, 0.3) is 0 Å². The van der Waals surface area contributed by atoms with Crippen LogP contribution in [-0.4, -0.2) is 17.4 Å². The van der Waals surface area contributed by atoms with Crippen LogP contribution < -0.4 is 5.32 Å². The van der Waals surface area contributed by atoms with Crippen molar-refractivity contribution in [3.63, 3.8) is 0 Å². The van der Waals surface area contributed by atoms with Crippen LogP contribution in [0.4, 0.5) is 0 Å². The average molecular weight is 262 g/mol. The highest BCUT2D eigenvalue weighted by Crippen LogP contribution is 1.97. The lowest BCUT2D eigenvalue weighted by Gasteiger charge is -1.95. The summed E-state index contributed by atoms with van der Waals surface area (Å²) in [6, 6.07) is 13.4. The van der Waals surface area contributed by atoms with E-state index in [1.807, 2.05) is 42.5 Å². The summed E-state index contributed by atoms with van der Waals surface area (Å²) in [5.41, 5.74) is 1.82. The summed E-state index contributed by atoms with van der Waals surface area (Å²) in [6.07, 6.45) is 6.57. The monoisotopic (exact) mass is 262 g/mol. The SMILES string of the molecule is O=C(/C=C/c1cccnc1)NCC#Cc1ccccc1. The van der Waals surface area contributed by atoms with Crippen molar-refractivity contribution >= 4 is 12.0 Å². The van der Waals surface area contributed by atoms with E-state index in [9.17, 15) is 4.79 Å². The molecule has 0 saturated heterocycles. The second kappa shape index (κ2) is 7.55. The normalized spacial score (nSPS) is 9.80. The molecule has 1 N–H and O–H groups in total. The third-order valence-electron chi connectivity index (χ3n) is 2.47. The van der Waals surface area contributed by atoms with Gasteiger partial charge in [0, 0.05) is 24.0 Å². The van der Waals surface area contributed by atoms with E-state index in [0.29, 0.717) is 6.54 Å². The Balaban J connectivity index is 1.79. The Labute approximate surface area is 118 Å². The van der Waals surface area contributed by atoms with E-state index in [1.165, 1.54) is 6.08 Å². The maximum Gasteiger partial charge on any atom is 0.244 e. The van der Waals surface area contributed by atoms with Crippen molar-refractivity contribution in [2.75, 3.05) is 6.54 Å². The van der Waals surface area contributed by atoms with Crippen LogP contribution in [0.3, 0.4) is 0 Å². The van der Waals surface area contributed by atoms with E-state index in [1.54, 1.807) is 18.5 Å². The minimum absolute atomic E-state index is 0.170. The van der Waals surface area contributed by atoms with Crippen LogP contribution in [0.2, 0.25) is 0 Å². The lowest BCUT2D eigenvalue weighted by atomic mass is 10.2. The Morgan fingerprint density at radius 2 is 2.05 bits per heavy atom. The first kappa shape index (κ1) is 13.6. The minimum atomic E-state index is -0.170. The van der Waals surface area contributed by atoms with Crippen molar-refractivity contribution in [1.82, 2.24) is 10.3 Å².